The zero-order chi connectivity index (χ0) is 30.9. The quantitative estimate of drug-likeness (QED) is 0.0691. The van der Waals surface area contributed by atoms with E-state index in [0.717, 1.165) is 51.2 Å². The molecule has 42 heavy (non-hydrogen) atoms. The molecular formula is C31H51ClO9S. The number of allylic oxidation sites excluding steroid dienone is 1. The number of ether oxygens (including phenoxy) is 4. The zero-order valence-corrected chi connectivity index (χ0v) is 27.6. The zero-order valence-electron chi connectivity index (χ0n) is 26.0. The van der Waals surface area contributed by atoms with Crippen LogP contribution in [0.5, 0.6) is 0 Å². The van der Waals surface area contributed by atoms with Crippen molar-refractivity contribution in [3.63, 3.8) is 0 Å². The minimum atomic E-state index is -3.90. The molecule has 7 atom stereocenters. The summed E-state index contributed by atoms with van der Waals surface area (Å²) in [6.07, 6.45) is 10.0. The van der Waals surface area contributed by atoms with Crippen molar-refractivity contribution in [3.05, 3.63) is 11.6 Å². The Morgan fingerprint density at radius 2 is 1.93 bits per heavy atom. The van der Waals surface area contributed by atoms with Crippen LogP contribution in [0.15, 0.2) is 11.6 Å². The van der Waals surface area contributed by atoms with E-state index in [0.29, 0.717) is 32.5 Å². The highest BCUT2D eigenvalue weighted by atomic mass is 35.5. The molecule has 0 aromatic carbocycles. The topological polar surface area (TPSA) is 114 Å². The Labute approximate surface area is 257 Å². The van der Waals surface area contributed by atoms with Crippen molar-refractivity contribution in [2.24, 2.45) is 17.8 Å². The fraction of sp³-hybridized carbons (Fsp3) is 0.871. The highest BCUT2D eigenvalue weighted by molar-refractivity contribution is 7.86. The molecule has 3 rings (SSSR count). The molecule has 2 aliphatic carbocycles. The Bertz CT molecular complexity index is 1020. The largest absolute Gasteiger partial charge is 0.458 e. The molecular weight excluding hydrogens is 584 g/mol. The monoisotopic (exact) mass is 634 g/mol. The van der Waals surface area contributed by atoms with Gasteiger partial charge in [-0.05, 0) is 84.0 Å². The van der Waals surface area contributed by atoms with E-state index in [2.05, 4.69) is 13.0 Å². The number of carbonyl (C=O) groups excluding carboxylic acids is 2. The van der Waals surface area contributed by atoms with Gasteiger partial charge in [-0.3, -0.25) is 8.98 Å². The average Bonchev–Trinajstić information content (AvgIpc) is 3.25. The minimum absolute atomic E-state index is 0.0430. The van der Waals surface area contributed by atoms with E-state index < -0.39 is 27.2 Å². The molecule has 0 aromatic heterocycles. The summed E-state index contributed by atoms with van der Waals surface area (Å²) < 4.78 is 53.8. The van der Waals surface area contributed by atoms with E-state index in [1.54, 1.807) is 0 Å². The summed E-state index contributed by atoms with van der Waals surface area (Å²) in [5.41, 5.74) is 0.676. The Morgan fingerprint density at radius 3 is 2.57 bits per heavy atom. The molecule has 0 aromatic rings. The number of hydrogen-bond donors (Lipinski definition) is 0. The van der Waals surface area contributed by atoms with Gasteiger partial charge in [-0.1, -0.05) is 31.4 Å². The second kappa shape index (κ2) is 16.3. The lowest BCUT2D eigenvalue weighted by molar-refractivity contribution is -0.201. The first kappa shape index (κ1) is 35.4. The number of hydrogen-bond acceptors (Lipinski definition) is 9. The predicted molar refractivity (Wildman–Crippen MR) is 161 cm³/mol. The van der Waals surface area contributed by atoms with Gasteiger partial charge in [0.1, 0.15) is 23.7 Å². The highest BCUT2D eigenvalue weighted by Crippen LogP contribution is 2.50. The second-order valence-corrected chi connectivity index (χ2v) is 15.0. The lowest BCUT2D eigenvalue weighted by Gasteiger charge is -2.37. The molecule has 1 aliphatic heterocycles. The van der Waals surface area contributed by atoms with Crippen LogP contribution in [-0.2, 0) is 42.8 Å². The molecule has 1 heterocycles. The van der Waals surface area contributed by atoms with Crippen LogP contribution in [0, 0.1) is 17.8 Å². The molecule has 3 unspecified atom stereocenters. The molecule has 0 N–H and O–H groups in total. The third-order valence-electron chi connectivity index (χ3n) is 8.19. The van der Waals surface area contributed by atoms with Crippen LogP contribution in [-0.4, -0.2) is 75.7 Å². The van der Waals surface area contributed by atoms with Crippen molar-refractivity contribution >= 4 is 33.5 Å². The first-order chi connectivity index (χ1) is 19.8. The molecule has 3 aliphatic rings. The molecule has 0 amide bonds. The van der Waals surface area contributed by atoms with E-state index in [-0.39, 0.29) is 54.9 Å². The van der Waals surface area contributed by atoms with E-state index in [1.807, 2.05) is 20.8 Å². The summed E-state index contributed by atoms with van der Waals surface area (Å²) >= 11 is 6.78. The maximum absolute atomic E-state index is 13.2. The lowest BCUT2D eigenvalue weighted by atomic mass is 9.76. The van der Waals surface area contributed by atoms with Crippen LogP contribution in [0.4, 0.5) is 0 Å². The standard InChI is InChI=1S/C31H51ClO9S/c1-6-7-8-11-24(33)29(32)30(41-42(5,35)36)28-23-14-13-21(15-17-37-20-26(34)40-31(2,3)4)18-22(23)19-25(28)39-27-12-9-10-16-38-27/h18,22-23,25,27-30H,6-17,19-20H2,1-5H3/t22-,23-,25+,27?,28+,29?,30?/m0/s1. The molecule has 242 valence electrons. The van der Waals surface area contributed by atoms with Crippen LogP contribution in [0.1, 0.15) is 98.3 Å². The van der Waals surface area contributed by atoms with Crippen molar-refractivity contribution in [2.75, 3.05) is 26.1 Å². The van der Waals surface area contributed by atoms with E-state index in [9.17, 15) is 18.0 Å². The molecule has 1 saturated carbocycles. The van der Waals surface area contributed by atoms with Crippen LogP contribution in [0.3, 0.4) is 0 Å². The Morgan fingerprint density at radius 1 is 1.17 bits per heavy atom. The van der Waals surface area contributed by atoms with E-state index >= 15 is 0 Å². The Hall–Kier alpha value is -1.04. The number of alkyl halides is 1. The summed E-state index contributed by atoms with van der Waals surface area (Å²) in [4.78, 5) is 25.1. The van der Waals surface area contributed by atoms with Crippen molar-refractivity contribution in [2.45, 2.75) is 128 Å². The highest BCUT2D eigenvalue weighted by Gasteiger charge is 2.52. The molecule has 1 saturated heterocycles. The summed E-state index contributed by atoms with van der Waals surface area (Å²) in [6, 6.07) is 0. The maximum atomic E-state index is 13.2. The number of fused-ring (bicyclic) bond motifs is 1. The molecule has 0 bridgehead atoms. The third kappa shape index (κ3) is 11.5. The number of unbranched alkanes of at least 4 members (excludes halogenated alkanes) is 2. The normalized spacial score (nSPS) is 28.0. The molecule has 0 radical (unpaired) electrons. The second-order valence-electron chi connectivity index (χ2n) is 13.0. The van der Waals surface area contributed by atoms with Gasteiger partial charge in [-0.15, -0.1) is 11.6 Å². The van der Waals surface area contributed by atoms with Crippen LogP contribution >= 0.6 is 11.6 Å². The Kier molecular flexibility index (Phi) is 13.8. The smallest absolute Gasteiger partial charge is 0.332 e. The van der Waals surface area contributed by atoms with Crippen LogP contribution < -0.4 is 0 Å². The number of halogens is 1. The van der Waals surface area contributed by atoms with Gasteiger partial charge in [0.15, 0.2) is 12.1 Å². The first-order valence-corrected chi connectivity index (χ1v) is 17.8. The third-order valence-corrected chi connectivity index (χ3v) is 9.25. The fourth-order valence-electron chi connectivity index (χ4n) is 6.43. The lowest BCUT2D eigenvalue weighted by Crippen LogP contribution is -2.46. The Balaban J connectivity index is 1.75. The fourth-order valence-corrected chi connectivity index (χ4v) is 7.46. The van der Waals surface area contributed by atoms with Gasteiger partial charge in [0.2, 0.25) is 0 Å². The first-order valence-electron chi connectivity index (χ1n) is 15.6. The summed E-state index contributed by atoms with van der Waals surface area (Å²) in [5.74, 6) is -0.803. The SMILES string of the molecule is CCCCCC(=O)C(Cl)C(OS(C)(=O)=O)[C@@H]1[C@H]2CCC(CCOCC(=O)OC(C)(C)C)=C[C@H]2C[C@H]1OC1CCCCO1. The van der Waals surface area contributed by atoms with Crippen LogP contribution in [0.25, 0.3) is 0 Å². The number of esters is 1. The average molecular weight is 635 g/mol. The number of Topliss-reactive ketones (excluding diaryl/α,β-unsaturated/α-hetero) is 1. The summed E-state index contributed by atoms with van der Waals surface area (Å²) in [6.45, 7) is 8.45. The molecule has 2 fully saturated rings. The van der Waals surface area contributed by atoms with Gasteiger partial charge in [-0.2, -0.15) is 8.42 Å². The maximum Gasteiger partial charge on any atom is 0.332 e. The number of carbonyl (C=O) groups is 2. The van der Waals surface area contributed by atoms with Crippen molar-refractivity contribution in [1.82, 2.24) is 0 Å². The summed E-state index contributed by atoms with van der Waals surface area (Å²) in [5, 5.41) is -1.09. The van der Waals surface area contributed by atoms with Crippen molar-refractivity contribution in [1.29, 1.82) is 0 Å². The van der Waals surface area contributed by atoms with Crippen molar-refractivity contribution in [3.8, 4) is 0 Å². The molecule has 11 heteroatoms. The van der Waals surface area contributed by atoms with E-state index in [4.69, 9.17) is 34.7 Å². The van der Waals surface area contributed by atoms with Gasteiger partial charge < -0.3 is 18.9 Å². The molecule has 0 spiro atoms. The van der Waals surface area contributed by atoms with Gasteiger partial charge in [0.25, 0.3) is 10.1 Å². The number of ketones is 1. The molecule has 9 nitrogen and oxygen atoms in total. The van der Waals surface area contributed by atoms with Crippen LogP contribution in [0.2, 0.25) is 0 Å². The van der Waals surface area contributed by atoms with Gasteiger partial charge >= 0.3 is 5.97 Å². The van der Waals surface area contributed by atoms with Gasteiger partial charge in [-0.25, -0.2) is 4.79 Å². The van der Waals surface area contributed by atoms with Gasteiger partial charge in [0.05, 0.1) is 19.0 Å². The van der Waals surface area contributed by atoms with Gasteiger partial charge in [0, 0.05) is 18.9 Å². The summed E-state index contributed by atoms with van der Waals surface area (Å²) in [7, 11) is -3.90. The van der Waals surface area contributed by atoms with Crippen molar-refractivity contribution < 1.29 is 41.1 Å². The van der Waals surface area contributed by atoms with E-state index in [1.165, 1.54) is 5.57 Å². The number of rotatable bonds is 16. The predicted octanol–water partition coefficient (Wildman–Crippen LogP) is 5.72. The minimum Gasteiger partial charge on any atom is -0.458 e.